The van der Waals surface area contributed by atoms with Crippen LogP contribution in [0.4, 0.5) is 0 Å². The third-order valence-corrected chi connectivity index (χ3v) is 8.13. The van der Waals surface area contributed by atoms with Crippen LogP contribution in [0.5, 0.6) is 5.75 Å². The molecule has 1 saturated carbocycles. The molecule has 1 fully saturated rings. The molecule has 0 saturated heterocycles. The van der Waals surface area contributed by atoms with Gasteiger partial charge in [-0.05, 0) is 76.3 Å². The SMILES string of the molecule is Cn1cc(-c2cc(OC3CCCCC3)c3c(-c4cccc(S(=O)(=O)NC(C)(C)C)c4)n[nH]c3c2)cn1. The highest BCUT2D eigenvalue weighted by molar-refractivity contribution is 7.89. The Hall–Kier alpha value is -3.17. The second-order valence-corrected chi connectivity index (χ2v) is 12.3. The lowest BCUT2D eigenvalue weighted by molar-refractivity contribution is 0.157. The van der Waals surface area contributed by atoms with Gasteiger partial charge in [0.1, 0.15) is 11.4 Å². The number of ether oxygens (including phenoxy) is 1. The van der Waals surface area contributed by atoms with Crippen molar-refractivity contribution < 1.29 is 13.2 Å². The zero-order valence-corrected chi connectivity index (χ0v) is 22.0. The molecule has 0 aliphatic heterocycles. The summed E-state index contributed by atoms with van der Waals surface area (Å²) in [4.78, 5) is 0.202. The third-order valence-electron chi connectivity index (χ3n) is 6.37. The first-order chi connectivity index (χ1) is 17.1. The van der Waals surface area contributed by atoms with E-state index in [0.717, 1.165) is 53.5 Å². The monoisotopic (exact) mass is 507 g/mol. The van der Waals surface area contributed by atoms with Crippen LogP contribution in [0.2, 0.25) is 0 Å². The van der Waals surface area contributed by atoms with Crippen LogP contribution in [0.25, 0.3) is 33.3 Å². The summed E-state index contributed by atoms with van der Waals surface area (Å²) in [5.74, 6) is 0.753. The molecule has 9 heteroatoms. The van der Waals surface area contributed by atoms with Gasteiger partial charge in [0.25, 0.3) is 0 Å². The predicted molar refractivity (Wildman–Crippen MR) is 141 cm³/mol. The molecule has 1 aliphatic rings. The minimum atomic E-state index is -3.69. The predicted octanol–water partition coefficient (Wildman–Crippen LogP) is 5.42. The van der Waals surface area contributed by atoms with Gasteiger partial charge in [-0.2, -0.15) is 10.2 Å². The molecule has 2 aromatic carbocycles. The summed E-state index contributed by atoms with van der Waals surface area (Å²) >= 11 is 0. The molecule has 0 spiro atoms. The number of hydrogen-bond acceptors (Lipinski definition) is 5. The normalized spacial score (nSPS) is 15.4. The van der Waals surface area contributed by atoms with Gasteiger partial charge in [0.05, 0.1) is 28.1 Å². The molecule has 4 aromatic rings. The van der Waals surface area contributed by atoms with Crippen LogP contribution in [0.1, 0.15) is 52.9 Å². The zero-order chi connectivity index (χ0) is 25.5. The Labute approximate surface area is 212 Å². The van der Waals surface area contributed by atoms with Crippen molar-refractivity contribution in [3.8, 4) is 28.1 Å². The van der Waals surface area contributed by atoms with Crippen molar-refractivity contribution in [3.05, 3.63) is 48.8 Å². The van der Waals surface area contributed by atoms with Gasteiger partial charge in [0.15, 0.2) is 0 Å². The Bertz CT molecular complexity index is 1490. The maximum absolute atomic E-state index is 13.0. The van der Waals surface area contributed by atoms with E-state index < -0.39 is 15.6 Å². The minimum absolute atomic E-state index is 0.150. The molecule has 1 aliphatic carbocycles. The van der Waals surface area contributed by atoms with Gasteiger partial charge < -0.3 is 4.74 Å². The molecule has 2 N–H and O–H groups in total. The second-order valence-electron chi connectivity index (χ2n) is 10.6. The third kappa shape index (κ3) is 5.17. The van der Waals surface area contributed by atoms with Crippen LogP contribution in [0.3, 0.4) is 0 Å². The molecule has 190 valence electrons. The number of aromatic amines is 1. The van der Waals surface area contributed by atoms with E-state index in [0.29, 0.717) is 11.3 Å². The lowest BCUT2D eigenvalue weighted by atomic mass is 9.97. The Balaban J connectivity index is 1.62. The molecule has 2 aromatic heterocycles. The fraction of sp³-hybridized carbons (Fsp3) is 0.407. The Morgan fingerprint density at radius 3 is 2.53 bits per heavy atom. The molecule has 8 nitrogen and oxygen atoms in total. The van der Waals surface area contributed by atoms with Gasteiger partial charge in [-0.1, -0.05) is 18.6 Å². The smallest absolute Gasteiger partial charge is 0.241 e. The van der Waals surface area contributed by atoms with Gasteiger partial charge in [0, 0.05) is 29.9 Å². The maximum atomic E-state index is 13.0. The van der Waals surface area contributed by atoms with Gasteiger partial charge in [0.2, 0.25) is 10.0 Å². The van der Waals surface area contributed by atoms with E-state index in [1.807, 2.05) is 52.3 Å². The lowest BCUT2D eigenvalue weighted by Crippen LogP contribution is -2.40. The van der Waals surface area contributed by atoms with Crippen molar-refractivity contribution >= 4 is 20.9 Å². The molecule has 5 rings (SSSR count). The number of H-pyrrole nitrogens is 1. The summed E-state index contributed by atoms with van der Waals surface area (Å²) in [5, 5.41) is 12.9. The van der Waals surface area contributed by atoms with Crippen molar-refractivity contribution in [2.24, 2.45) is 7.05 Å². The number of nitrogens with one attached hydrogen (secondary N) is 2. The van der Waals surface area contributed by atoms with Crippen LogP contribution in [0, 0.1) is 0 Å². The number of sulfonamides is 1. The molecule has 2 heterocycles. The van der Waals surface area contributed by atoms with E-state index in [-0.39, 0.29) is 11.0 Å². The number of aryl methyl sites for hydroxylation is 1. The van der Waals surface area contributed by atoms with Crippen LogP contribution < -0.4 is 9.46 Å². The summed E-state index contributed by atoms with van der Waals surface area (Å²) in [6, 6.07) is 11.0. The number of benzene rings is 2. The van der Waals surface area contributed by atoms with E-state index in [1.165, 1.54) is 6.42 Å². The summed E-state index contributed by atoms with van der Waals surface area (Å²) < 4.78 is 37.1. The number of fused-ring (bicyclic) bond motifs is 1. The zero-order valence-electron chi connectivity index (χ0n) is 21.2. The first-order valence-electron chi connectivity index (χ1n) is 12.4. The molecule has 0 amide bonds. The van der Waals surface area contributed by atoms with Crippen LogP contribution in [-0.4, -0.2) is 40.0 Å². The highest BCUT2D eigenvalue weighted by atomic mass is 32.2. The lowest BCUT2D eigenvalue weighted by Gasteiger charge is -2.24. The number of aromatic nitrogens is 4. The summed E-state index contributed by atoms with van der Waals surface area (Å²) in [7, 11) is -1.79. The highest BCUT2D eigenvalue weighted by Gasteiger charge is 2.24. The minimum Gasteiger partial charge on any atom is -0.490 e. The van der Waals surface area contributed by atoms with E-state index in [1.54, 1.807) is 22.9 Å². The molecule has 0 radical (unpaired) electrons. The van der Waals surface area contributed by atoms with Gasteiger partial charge >= 0.3 is 0 Å². The standard InChI is InChI=1S/C27H33N5O3S/c1-27(2,3)31-36(33,34)22-12-8-9-18(13-22)26-25-23(29-30-26)14-19(20-16-28-32(4)17-20)15-24(25)35-21-10-6-5-7-11-21/h8-9,12-17,21,31H,5-7,10-11H2,1-4H3,(H,29,30). The van der Waals surface area contributed by atoms with Crippen LogP contribution >= 0.6 is 0 Å². The maximum Gasteiger partial charge on any atom is 0.241 e. The first-order valence-corrected chi connectivity index (χ1v) is 13.9. The van der Waals surface area contributed by atoms with E-state index in [9.17, 15) is 8.42 Å². The van der Waals surface area contributed by atoms with Crippen LogP contribution in [0.15, 0.2) is 53.7 Å². The van der Waals surface area contributed by atoms with Crippen molar-refractivity contribution in [3.63, 3.8) is 0 Å². The van der Waals surface area contributed by atoms with Gasteiger partial charge in [-0.15, -0.1) is 0 Å². The Morgan fingerprint density at radius 1 is 1.06 bits per heavy atom. The Morgan fingerprint density at radius 2 is 1.83 bits per heavy atom. The average Bonchev–Trinajstić information content (AvgIpc) is 3.45. The van der Waals surface area contributed by atoms with E-state index in [4.69, 9.17) is 4.74 Å². The summed E-state index contributed by atoms with van der Waals surface area (Å²) in [5.41, 5.74) is 3.60. The number of nitrogens with zero attached hydrogens (tertiary/aromatic N) is 3. The van der Waals surface area contributed by atoms with Crippen molar-refractivity contribution in [2.75, 3.05) is 0 Å². The number of hydrogen-bond donors (Lipinski definition) is 2. The first kappa shape index (κ1) is 24.5. The topological polar surface area (TPSA) is 102 Å². The molecule has 0 atom stereocenters. The fourth-order valence-corrected chi connectivity index (χ4v) is 6.26. The molecular formula is C27H33N5O3S. The van der Waals surface area contributed by atoms with Gasteiger partial charge in [-0.3, -0.25) is 9.78 Å². The van der Waals surface area contributed by atoms with Crippen LogP contribution in [-0.2, 0) is 17.1 Å². The second kappa shape index (κ2) is 9.37. The molecular weight excluding hydrogens is 474 g/mol. The average molecular weight is 508 g/mol. The highest BCUT2D eigenvalue weighted by Crippen LogP contribution is 2.39. The van der Waals surface area contributed by atoms with Gasteiger partial charge in [-0.25, -0.2) is 13.1 Å². The Kier molecular flexibility index (Phi) is 6.38. The number of rotatable bonds is 6. The van der Waals surface area contributed by atoms with E-state index >= 15 is 0 Å². The largest absolute Gasteiger partial charge is 0.490 e. The molecule has 0 bridgehead atoms. The quantitative estimate of drug-likeness (QED) is 0.363. The molecule has 0 unspecified atom stereocenters. The van der Waals surface area contributed by atoms with E-state index in [2.05, 4.69) is 26.1 Å². The summed E-state index contributed by atoms with van der Waals surface area (Å²) in [6.45, 7) is 5.47. The molecule has 36 heavy (non-hydrogen) atoms. The van der Waals surface area contributed by atoms with Crippen molar-refractivity contribution in [1.29, 1.82) is 0 Å². The van der Waals surface area contributed by atoms with Crippen molar-refractivity contribution in [1.82, 2.24) is 24.7 Å². The fourth-order valence-electron chi connectivity index (χ4n) is 4.79. The van der Waals surface area contributed by atoms with Crippen molar-refractivity contribution in [2.45, 2.75) is 69.4 Å². The summed E-state index contributed by atoms with van der Waals surface area (Å²) in [6.07, 6.45) is 9.57.